The van der Waals surface area contributed by atoms with Gasteiger partial charge >= 0.3 is 11.9 Å². The normalized spacial score (nSPS) is 23.6. The van der Waals surface area contributed by atoms with Crippen LogP contribution in [0.1, 0.15) is 43.9 Å². The van der Waals surface area contributed by atoms with E-state index in [1.807, 2.05) is 18.2 Å². The van der Waals surface area contributed by atoms with Crippen molar-refractivity contribution in [3.63, 3.8) is 0 Å². The minimum absolute atomic E-state index is 0.141. The third kappa shape index (κ3) is 5.46. The number of rotatable bonds is 5. The number of hydrogen-bond acceptors (Lipinski definition) is 5. The Morgan fingerprint density at radius 1 is 1.29 bits per heavy atom. The van der Waals surface area contributed by atoms with E-state index in [2.05, 4.69) is 15.9 Å². The number of esters is 2. The summed E-state index contributed by atoms with van der Waals surface area (Å²) < 4.78 is 16.5. The number of hydrogen-bond donors (Lipinski definition) is 0. The van der Waals surface area contributed by atoms with E-state index in [0.717, 1.165) is 11.1 Å². The van der Waals surface area contributed by atoms with Crippen LogP contribution >= 0.6 is 27.5 Å². The summed E-state index contributed by atoms with van der Waals surface area (Å²) in [6, 6.07) is 5.70. The molecule has 1 aromatic rings. The summed E-state index contributed by atoms with van der Waals surface area (Å²) >= 11 is 9.56. The average Bonchev–Trinajstić information content (AvgIpc) is 2.52. The Bertz CT molecular complexity index is 607. The lowest BCUT2D eigenvalue weighted by Gasteiger charge is -2.35. The molecular formula is C17H20BrClO5. The first kappa shape index (κ1) is 19.2. The van der Waals surface area contributed by atoms with Gasteiger partial charge in [0.25, 0.3) is 0 Å². The van der Waals surface area contributed by atoms with Gasteiger partial charge in [0.05, 0.1) is 12.2 Å². The maximum Gasteiger partial charge on any atom is 0.302 e. The van der Waals surface area contributed by atoms with Gasteiger partial charge < -0.3 is 14.2 Å². The Morgan fingerprint density at radius 2 is 2.04 bits per heavy atom. The van der Waals surface area contributed by atoms with Crippen molar-refractivity contribution in [1.82, 2.24) is 0 Å². The van der Waals surface area contributed by atoms with Gasteiger partial charge in [0.2, 0.25) is 0 Å². The summed E-state index contributed by atoms with van der Waals surface area (Å²) in [5.74, 6) is -0.693. The van der Waals surface area contributed by atoms with Crippen molar-refractivity contribution in [2.24, 2.45) is 0 Å². The highest BCUT2D eigenvalue weighted by atomic mass is 79.9. The van der Waals surface area contributed by atoms with Gasteiger partial charge in [-0.1, -0.05) is 39.7 Å². The number of alkyl halides is 1. The summed E-state index contributed by atoms with van der Waals surface area (Å²) in [6.07, 6.45) is 0.214. The van der Waals surface area contributed by atoms with E-state index in [4.69, 9.17) is 25.8 Å². The van der Waals surface area contributed by atoms with Crippen LogP contribution in [0.3, 0.4) is 0 Å². The van der Waals surface area contributed by atoms with Gasteiger partial charge in [-0.25, -0.2) is 0 Å². The van der Waals surface area contributed by atoms with Gasteiger partial charge in [0, 0.05) is 37.0 Å². The highest BCUT2D eigenvalue weighted by Gasteiger charge is 2.33. The highest BCUT2D eigenvalue weighted by molar-refractivity contribution is 9.08. The fourth-order valence-corrected chi connectivity index (χ4v) is 3.54. The fraction of sp³-hybridized carbons (Fsp3) is 0.529. The molecule has 5 nitrogen and oxygen atoms in total. The van der Waals surface area contributed by atoms with Crippen molar-refractivity contribution in [3.05, 3.63) is 34.3 Å². The molecule has 1 aliphatic rings. The summed E-state index contributed by atoms with van der Waals surface area (Å²) in [5, 5.41) is 1.32. The molecule has 0 radical (unpaired) electrons. The number of carbonyl (C=O) groups excluding carboxylic acids is 2. The van der Waals surface area contributed by atoms with E-state index in [1.54, 1.807) is 0 Å². The minimum Gasteiger partial charge on any atom is -0.463 e. The van der Waals surface area contributed by atoms with Gasteiger partial charge in [0.15, 0.2) is 0 Å². The lowest BCUT2D eigenvalue weighted by Crippen LogP contribution is -2.36. The zero-order valence-corrected chi connectivity index (χ0v) is 15.9. The Hall–Kier alpha value is -1.11. The summed E-state index contributed by atoms with van der Waals surface area (Å²) in [7, 11) is 0. The molecule has 0 aromatic heterocycles. The quantitative estimate of drug-likeness (QED) is 0.534. The summed E-state index contributed by atoms with van der Waals surface area (Å²) in [5.41, 5.74) is 1.92. The molecule has 0 spiro atoms. The molecule has 1 unspecified atom stereocenters. The molecule has 132 valence electrons. The standard InChI is InChI=1S/C17H20BrClO5/c1-10(20)22-9-15-6-14(23-11(2)21)7-17(24-15)12-3-4-16(19)13(5-12)8-18/h3-5,14-15,17H,6-9H2,1-2H3/t14?,15-,17+/m0/s1. The lowest BCUT2D eigenvalue weighted by atomic mass is 9.95. The fourth-order valence-electron chi connectivity index (χ4n) is 2.73. The second-order valence-electron chi connectivity index (χ2n) is 5.74. The van der Waals surface area contributed by atoms with Crippen molar-refractivity contribution >= 4 is 39.5 Å². The van der Waals surface area contributed by atoms with Gasteiger partial charge in [-0.3, -0.25) is 9.59 Å². The minimum atomic E-state index is -0.363. The zero-order chi connectivity index (χ0) is 17.7. The van der Waals surface area contributed by atoms with Crippen molar-refractivity contribution in [1.29, 1.82) is 0 Å². The third-order valence-electron chi connectivity index (χ3n) is 3.75. The maximum atomic E-state index is 11.3. The second kappa shape index (κ2) is 8.83. The number of carbonyl (C=O) groups is 2. The summed E-state index contributed by atoms with van der Waals surface area (Å²) in [4.78, 5) is 22.3. The Balaban J connectivity index is 2.16. The van der Waals surface area contributed by atoms with Crippen LogP contribution in [0.25, 0.3) is 0 Å². The van der Waals surface area contributed by atoms with Gasteiger partial charge in [-0.05, 0) is 17.2 Å². The molecule has 0 aliphatic carbocycles. The molecule has 2 rings (SSSR count). The maximum absolute atomic E-state index is 11.3. The van der Waals surface area contributed by atoms with E-state index in [1.165, 1.54) is 13.8 Å². The molecule has 7 heteroatoms. The predicted molar refractivity (Wildman–Crippen MR) is 93.1 cm³/mol. The Kier molecular flexibility index (Phi) is 7.07. The van der Waals surface area contributed by atoms with Crippen LogP contribution in [0, 0.1) is 0 Å². The van der Waals surface area contributed by atoms with Gasteiger partial charge in [-0.2, -0.15) is 0 Å². The molecule has 1 fully saturated rings. The first-order chi connectivity index (χ1) is 11.4. The number of ether oxygens (including phenoxy) is 3. The first-order valence-electron chi connectivity index (χ1n) is 7.69. The smallest absolute Gasteiger partial charge is 0.302 e. The van der Waals surface area contributed by atoms with Crippen LogP contribution in [0.15, 0.2) is 18.2 Å². The molecule has 3 atom stereocenters. The van der Waals surface area contributed by atoms with Gasteiger partial charge in [0.1, 0.15) is 12.7 Å². The van der Waals surface area contributed by atoms with Crippen LogP contribution in [0.4, 0.5) is 0 Å². The highest BCUT2D eigenvalue weighted by Crippen LogP contribution is 2.35. The number of halogens is 2. The van der Waals surface area contributed by atoms with Crippen molar-refractivity contribution < 1.29 is 23.8 Å². The molecule has 0 amide bonds. The van der Waals surface area contributed by atoms with E-state index in [0.29, 0.717) is 23.2 Å². The molecule has 1 aliphatic heterocycles. The van der Waals surface area contributed by atoms with E-state index in [9.17, 15) is 9.59 Å². The molecule has 1 saturated heterocycles. The lowest BCUT2D eigenvalue weighted by molar-refractivity contribution is -0.169. The second-order valence-corrected chi connectivity index (χ2v) is 6.70. The zero-order valence-electron chi connectivity index (χ0n) is 13.6. The van der Waals surface area contributed by atoms with E-state index >= 15 is 0 Å². The SMILES string of the molecule is CC(=O)OC[C@@H]1CC(OC(C)=O)C[C@H](c2ccc(Cl)c(CBr)c2)O1. The Labute approximate surface area is 154 Å². The summed E-state index contributed by atoms with van der Waals surface area (Å²) in [6.45, 7) is 2.88. The largest absolute Gasteiger partial charge is 0.463 e. The topological polar surface area (TPSA) is 61.8 Å². The monoisotopic (exact) mass is 418 g/mol. The predicted octanol–water partition coefficient (Wildman–Crippen LogP) is 3.95. The third-order valence-corrected chi connectivity index (χ3v) is 4.72. The molecule has 0 saturated carbocycles. The Morgan fingerprint density at radius 3 is 2.67 bits per heavy atom. The van der Waals surface area contributed by atoms with E-state index in [-0.39, 0.29) is 36.9 Å². The molecular weight excluding hydrogens is 400 g/mol. The molecule has 24 heavy (non-hydrogen) atoms. The van der Waals surface area contributed by atoms with Crippen LogP contribution < -0.4 is 0 Å². The first-order valence-corrected chi connectivity index (χ1v) is 9.19. The molecule has 0 N–H and O–H groups in total. The van der Waals surface area contributed by atoms with Crippen LogP contribution in [-0.4, -0.2) is 30.8 Å². The van der Waals surface area contributed by atoms with Gasteiger partial charge in [-0.15, -0.1) is 0 Å². The van der Waals surface area contributed by atoms with Crippen molar-refractivity contribution in [3.8, 4) is 0 Å². The molecule has 1 aromatic carbocycles. The molecule has 1 heterocycles. The van der Waals surface area contributed by atoms with Crippen LogP contribution in [0.2, 0.25) is 5.02 Å². The van der Waals surface area contributed by atoms with Crippen LogP contribution in [0.5, 0.6) is 0 Å². The van der Waals surface area contributed by atoms with Crippen molar-refractivity contribution in [2.75, 3.05) is 6.61 Å². The molecule has 0 bridgehead atoms. The van der Waals surface area contributed by atoms with Crippen molar-refractivity contribution in [2.45, 2.75) is 50.3 Å². The van der Waals surface area contributed by atoms with E-state index < -0.39 is 0 Å². The number of benzene rings is 1. The average molecular weight is 420 g/mol. The van der Waals surface area contributed by atoms with Crippen LogP contribution in [-0.2, 0) is 29.1 Å².